The van der Waals surface area contributed by atoms with Crippen molar-refractivity contribution < 1.29 is 14.4 Å². The van der Waals surface area contributed by atoms with E-state index < -0.39 is 11.6 Å². The molecule has 1 aliphatic carbocycles. The second-order valence-corrected chi connectivity index (χ2v) is 7.95. The fourth-order valence-electron chi connectivity index (χ4n) is 4.22. The third-order valence-electron chi connectivity index (χ3n) is 6.02. The molecule has 2 heterocycles. The summed E-state index contributed by atoms with van der Waals surface area (Å²) in [6.45, 7) is 4.31. The molecule has 138 valence electrons. The average molecular weight is 355 g/mol. The van der Waals surface area contributed by atoms with E-state index in [9.17, 15) is 14.4 Å². The molecule has 1 saturated carbocycles. The van der Waals surface area contributed by atoms with E-state index in [4.69, 9.17) is 0 Å². The van der Waals surface area contributed by atoms with Crippen LogP contribution in [0, 0.1) is 12.8 Å². The van der Waals surface area contributed by atoms with Gasteiger partial charge in [-0.05, 0) is 51.0 Å². The summed E-state index contributed by atoms with van der Waals surface area (Å²) in [6, 6.07) is 7.80. The van der Waals surface area contributed by atoms with Gasteiger partial charge in [0.25, 0.3) is 5.91 Å². The molecule has 4 rings (SSSR count). The first-order chi connectivity index (χ1) is 12.4. The van der Waals surface area contributed by atoms with Crippen molar-refractivity contribution in [2.75, 3.05) is 13.1 Å². The van der Waals surface area contributed by atoms with Crippen LogP contribution in [0.1, 0.15) is 49.8 Å². The summed E-state index contributed by atoms with van der Waals surface area (Å²) in [5, 5.41) is 2.80. The van der Waals surface area contributed by atoms with Gasteiger partial charge >= 0.3 is 6.03 Å². The monoisotopic (exact) mass is 355 g/mol. The maximum Gasteiger partial charge on any atom is 0.325 e. The Bertz CT molecular complexity index is 756. The van der Waals surface area contributed by atoms with Crippen molar-refractivity contribution in [3.8, 4) is 0 Å². The molecule has 4 amide bonds. The molecule has 1 aromatic carbocycles. The second kappa shape index (κ2) is 6.11. The van der Waals surface area contributed by atoms with E-state index in [1.54, 1.807) is 6.92 Å². The second-order valence-electron chi connectivity index (χ2n) is 7.95. The first-order valence-corrected chi connectivity index (χ1v) is 9.40. The summed E-state index contributed by atoms with van der Waals surface area (Å²) in [5.74, 6) is -0.216. The van der Waals surface area contributed by atoms with Crippen LogP contribution in [0.3, 0.4) is 0 Å². The van der Waals surface area contributed by atoms with E-state index in [1.807, 2.05) is 11.8 Å². The molecule has 1 N–H and O–H groups in total. The van der Waals surface area contributed by atoms with Gasteiger partial charge in [-0.25, -0.2) is 4.79 Å². The van der Waals surface area contributed by atoms with Gasteiger partial charge in [0.2, 0.25) is 5.91 Å². The van der Waals surface area contributed by atoms with E-state index >= 15 is 0 Å². The number of aryl methyl sites for hydroxylation is 1. The first kappa shape index (κ1) is 17.1. The Morgan fingerprint density at radius 2 is 1.88 bits per heavy atom. The number of imide groups is 1. The van der Waals surface area contributed by atoms with Crippen molar-refractivity contribution in [2.24, 2.45) is 5.92 Å². The van der Waals surface area contributed by atoms with Gasteiger partial charge in [0.1, 0.15) is 12.1 Å². The van der Waals surface area contributed by atoms with Crippen LogP contribution in [0.25, 0.3) is 0 Å². The molecule has 2 aliphatic heterocycles. The van der Waals surface area contributed by atoms with Gasteiger partial charge in [0, 0.05) is 6.54 Å². The van der Waals surface area contributed by atoms with Crippen LogP contribution in [0.15, 0.2) is 24.3 Å². The van der Waals surface area contributed by atoms with Crippen LogP contribution in [-0.2, 0) is 9.59 Å². The number of rotatable bonds is 4. The molecule has 1 aromatic rings. The highest BCUT2D eigenvalue weighted by molar-refractivity contribution is 6.09. The normalized spacial score (nSPS) is 28.6. The van der Waals surface area contributed by atoms with Gasteiger partial charge in [-0.15, -0.1) is 0 Å². The van der Waals surface area contributed by atoms with Crippen molar-refractivity contribution in [1.82, 2.24) is 15.1 Å². The lowest BCUT2D eigenvalue weighted by Crippen LogP contribution is -2.47. The van der Waals surface area contributed by atoms with E-state index in [1.165, 1.54) is 5.56 Å². The number of urea groups is 1. The molecule has 3 aliphatic rings. The minimum atomic E-state index is -0.835. The highest BCUT2D eigenvalue weighted by Crippen LogP contribution is 2.42. The number of hydrogen-bond acceptors (Lipinski definition) is 3. The van der Waals surface area contributed by atoms with Gasteiger partial charge in [-0.3, -0.25) is 14.5 Å². The smallest absolute Gasteiger partial charge is 0.325 e. The molecule has 0 radical (unpaired) electrons. The minimum absolute atomic E-state index is 0.0266. The van der Waals surface area contributed by atoms with Crippen molar-refractivity contribution in [2.45, 2.75) is 51.1 Å². The van der Waals surface area contributed by atoms with Crippen molar-refractivity contribution in [1.29, 1.82) is 0 Å². The predicted molar refractivity (Wildman–Crippen MR) is 96.2 cm³/mol. The van der Waals surface area contributed by atoms with E-state index in [-0.39, 0.29) is 30.3 Å². The Hall–Kier alpha value is -2.37. The first-order valence-electron chi connectivity index (χ1n) is 9.40. The molecule has 2 saturated heterocycles. The van der Waals surface area contributed by atoms with Crippen molar-refractivity contribution in [3.63, 3.8) is 0 Å². The molecule has 0 bridgehead atoms. The fourth-order valence-corrected chi connectivity index (χ4v) is 4.22. The number of benzene rings is 1. The predicted octanol–water partition coefficient (Wildman–Crippen LogP) is 2.38. The van der Waals surface area contributed by atoms with Crippen LogP contribution in [0.4, 0.5) is 4.79 Å². The summed E-state index contributed by atoms with van der Waals surface area (Å²) in [7, 11) is 0. The molecule has 2 atom stereocenters. The largest absolute Gasteiger partial charge is 0.334 e. The summed E-state index contributed by atoms with van der Waals surface area (Å²) >= 11 is 0. The standard InChI is InChI=1S/C20H25N3O3/c1-13-5-7-14(8-6-13)16-4-3-11-22(16)17(24)12-23-18(25)20(2,15-9-10-15)21-19(23)26/h5-8,15-16H,3-4,9-12H2,1-2H3,(H,21,26). The SMILES string of the molecule is Cc1ccc(C2CCCN2C(=O)CN2C(=O)NC(C)(C3CC3)C2=O)cc1. The molecule has 6 heteroatoms. The van der Waals surface area contributed by atoms with Crippen molar-refractivity contribution in [3.05, 3.63) is 35.4 Å². The quantitative estimate of drug-likeness (QED) is 0.843. The number of hydrogen-bond donors (Lipinski definition) is 1. The van der Waals surface area contributed by atoms with E-state index in [0.717, 1.165) is 36.1 Å². The number of carbonyl (C=O) groups is 3. The summed E-state index contributed by atoms with van der Waals surface area (Å²) in [4.78, 5) is 40.8. The minimum Gasteiger partial charge on any atom is -0.334 e. The summed E-state index contributed by atoms with van der Waals surface area (Å²) in [5.41, 5.74) is 1.46. The van der Waals surface area contributed by atoms with Crippen LogP contribution in [0.5, 0.6) is 0 Å². The Labute approximate surface area is 153 Å². The molecular formula is C20H25N3O3. The van der Waals surface area contributed by atoms with Crippen LogP contribution in [0.2, 0.25) is 0 Å². The topological polar surface area (TPSA) is 69.7 Å². The lowest BCUT2D eigenvalue weighted by atomic mass is 9.96. The van der Waals surface area contributed by atoms with Gasteiger partial charge in [-0.1, -0.05) is 29.8 Å². The molecule has 26 heavy (non-hydrogen) atoms. The lowest BCUT2D eigenvalue weighted by Gasteiger charge is -2.27. The van der Waals surface area contributed by atoms with Crippen LogP contribution >= 0.6 is 0 Å². The van der Waals surface area contributed by atoms with E-state index in [0.29, 0.717) is 6.54 Å². The molecule has 0 spiro atoms. The highest BCUT2D eigenvalue weighted by atomic mass is 16.2. The Balaban J connectivity index is 1.48. The maximum absolute atomic E-state index is 12.9. The number of nitrogens with zero attached hydrogens (tertiary/aromatic N) is 2. The molecule has 2 unspecified atom stereocenters. The number of carbonyl (C=O) groups excluding carboxylic acids is 3. The van der Waals surface area contributed by atoms with Gasteiger partial charge in [0.05, 0.1) is 6.04 Å². The van der Waals surface area contributed by atoms with Gasteiger partial charge in [-0.2, -0.15) is 0 Å². The van der Waals surface area contributed by atoms with Gasteiger partial charge < -0.3 is 10.2 Å². The van der Waals surface area contributed by atoms with Crippen LogP contribution < -0.4 is 5.32 Å². The summed E-state index contributed by atoms with van der Waals surface area (Å²) < 4.78 is 0. The van der Waals surface area contributed by atoms with Crippen molar-refractivity contribution >= 4 is 17.8 Å². The zero-order chi connectivity index (χ0) is 18.5. The molecule has 3 fully saturated rings. The third kappa shape index (κ3) is 2.77. The molecule has 0 aromatic heterocycles. The Kier molecular flexibility index (Phi) is 4.01. The molecule has 6 nitrogen and oxygen atoms in total. The number of nitrogens with one attached hydrogen (secondary N) is 1. The van der Waals surface area contributed by atoms with Crippen LogP contribution in [-0.4, -0.2) is 46.3 Å². The molecular weight excluding hydrogens is 330 g/mol. The zero-order valence-electron chi connectivity index (χ0n) is 15.3. The summed E-state index contributed by atoms with van der Waals surface area (Å²) in [6.07, 6.45) is 3.75. The van der Waals surface area contributed by atoms with Gasteiger partial charge in [0.15, 0.2) is 0 Å². The lowest BCUT2D eigenvalue weighted by molar-refractivity contribution is -0.139. The zero-order valence-corrected chi connectivity index (χ0v) is 15.3. The Morgan fingerprint density at radius 1 is 1.19 bits per heavy atom. The van der Waals surface area contributed by atoms with E-state index in [2.05, 4.69) is 29.6 Å². The number of likely N-dealkylation sites (tertiary alicyclic amines) is 1. The number of amides is 4. The Morgan fingerprint density at radius 3 is 2.54 bits per heavy atom. The average Bonchev–Trinajstić information content (AvgIpc) is 3.32. The highest BCUT2D eigenvalue weighted by Gasteiger charge is 2.56. The fraction of sp³-hybridized carbons (Fsp3) is 0.550. The third-order valence-corrected chi connectivity index (χ3v) is 6.02. The maximum atomic E-state index is 12.9.